The van der Waals surface area contributed by atoms with Crippen LogP contribution in [-0.2, 0) is 27.9 Å². The monoisotopic (exact) mass is 842 g/mol. The minimum Gasteiger partial charge on any atom is -0.463 e. The van der Waals surface area contributed by atoms with Gasteiger partial charge in [0, 0.05) is 19.4 Å². The zero-order chi connectivity index (χ0) is 42.5. The molecule has 0 aliphatic carbocycles. The van der Waals surface area contributed by atoms with Crippen LogP contribution in [0.5, 0.6) is 0 Å². The molecule has 0 aromatic heterocycles. The van der Waals surface area contributed by atoms with Crippen LogP contribution in [0.4, 0.5) is 0 Å². The maximum absolute atomic E-state index is 12.1. The molecule has 2 unspecified atom stereocenters. The number of aliphatic hydroxyl groups is 1. The van der Waals surface area contributed by atoms with Gasteiger partial charge in [0.1, 0.15) is 12.7 Å². The SMILES string of the molecule is CCCCCC/C=C\C/C=C\CCCCCCCC(=O)NCCOP(=O)(O)OCC(O)COC(=O)CCCCCCCCCCCCCCCCCCCCCCC. The molecule has 342 valence electrons. The van der Waals surface area contributed by atoms with Crippen LogP contribution in [0.1, 0.15) is 239 Å². The molecule has 0 aliphatic rings. The van der Waals surface area contributed by atoms with E-state index >= 15 is 0 Å². The number of nitrogens with one attached hydrogen (secondary N) is 1. The average Bonchev–Trinajstić information content (AvgIpc) is 3.21. The van der Waals surface area contributed by atoms with E-state index in [0.717, 1.165) is 64.2 Å². The fraction of sp³-hybridized carbons (Fsp3) is 0.875. The summed E-state index contributed by atoms with van der Waals surface area (Å²) in [4.78, 5) is 34.0. The van der Waals surface area contributed by atoms with Crippen molar-refractivity contribution in [3.05, 3.63) is 24.3 Å². The van der Waals surface area contributed by atoms with E-state index in [-0.39, 0.29) is 32.1 Å². The third-order valence-electron chi connectivity index (χ3n) is 10.6. The summed E-state index contributed by atoms with van der Waals surface area (Å²) >= 11 is 0. The molecule has 0 heterocycles. The minimum atomic E-state index is -4.42. The Morgan fingerprint density at radius 2 is 0.931 bits per heavy atom. The number of hydrogen-bond acceptors (Lipinski definition) is 7. The topological polar surface area (TPSA) is 131 Å². The maximum Gasteiger partial charge on any atom is 0.472 e. The lowest BCUT2D eigenvalue weighted by Gasteiger charge is -2.15. The van der Waals surface area contributed by atoms with Gasteiger partial charge in [-0.3, -0.25) is 18.6 Å². The molecule has 9 nitrogen and oxygen atoms in total. The molecule has 3 N–H and O–H groups in total. The molecular formula is C48H92NO8P. The third kappa shape index (κ3) is 45.6. The molecule has 2 atom stereocenters. The fourth-order valence-corrected chi connectivity index (χ4v) is 7.70. The van der Waals surface area contributed by atoms with Crippen molar-refractivity contribution in [2.24, 2.45) is 0 Å². The zero-order valence-electron chi connectivity index (χ0n) is 37.8. The fourth-order valence-electron chi connectivity index (χ4n) is 6.94. The second kappa shape index (κ2) is 45.0. The molecule has 0 saturated heterocycles. The van der Waals surface area contributed by atoms with Crippen molar-refractivity contribution in [1.29, 1.82) is 0 Å². The molecule has 0 radical (unpaired) electrons. The molecule has 0 aliphatic heterocycles. The molecule has 0 aromatic rings. The van der Waals surface area contributed by atoms with Gasteiger partial charge in [-0.1, -0.05) is 205 Å². The first-order chi connectivity index (χ1) is 28.3. The molecule has 0 aromatic carbocycles. The number of allylic oxidation sites excluding steroid dienone is 4. The number of carbonyl (C=O) groups excluding carboxylic acids is 2. The largest absolute Gasteiger partial charge is 0.472 e. The van der Waals surface area contributed by atoms with Gasteiger partial charge in [-0.05, 0) is 44.9 Å². The van der Waals surface area contributed by atoms with Gasteiger partial charge in [-0.25, -0.2) is 4.57 Å². The summed E-state index contributed by atoms with van der Waals surface area (Å²) in [6, 6.07) is 0. The predicted octanol–water partition coefficient (Wildman–Crippen LogP) is 13.9. The van der Waals surface area contributed by atoms with E-state index < -0.39 is 26.5 Å². The summed E-state index contributed by atoms with van der Waals surface area (Å²) in [7, 11) is -4.42. The number of rotatable bonds is 46. The normalized spacial score (nSPS) is 13.4. The van der Waals surface area contributed by atoms with Gasteiger partial charge < -0.3 is 20.1 Å². The van der Waals surface area contributed by atoms with E-state index in [1.165, 1.54) is 148 Å². The molecule has 0 fully saturated rings. The highest BCUT2D eigenvalue weighted by atomic mass is 31.2. The average molecular weight is 842 g/mol. The number of amides is 1. The van der Waals surface area contributed by atoms with Crippen molar-refractivity contribution in [3.63, 3.8) is 0 Å². The lowest BCUT2D eigenvalue weighted by Crippen LogP contribution is -2.27. The molecule has 0 bridgehead atoms. The first-order valence-corrected chi connectivity index (χ1v) is 25.8. The quantitative estimate of drug-likeness (QED) is 0.0239. The van der Waals surface area contributed by atoms with Crippen molar-refractivity contribution in [1.82, 2.24) is 5.32 Å². The van der Waals surface area contributed by atoms with E-state index in [1.54, 1.807) is 0 Å². The minimum absolute atomic E-state index is 0.0762. The first-order valence-electron chi connectivity index (χ1n) is 24.3. The molecular weight excluding hydrogens is 750 g/mol. The van der Waals surface area contributed by atoms with E-state index in [1.807, 2.05) is 0 Å². The highest BCUT2D eigenvalue weighted by molar-refractivity contribution is 7.47. The first kappa shape index (κ1) is 56.5. The molecule has 10 heteroatoms. The highest BCUT2D eigenvalue weighted by Gasteiger charge is 2.23. The Balaban J connectivity index is 3.55. The second-order valence-electron chi connectivity index (χ2n) is 16.4. The van der Waals surface area contributed by atoms with Crippen LogP contribution < -0.4 is 5.32 Å². The number of aliphatic hydroxyl groups excluding tert-OH is 1. The van der Waals surface area contributed by atoms with E-state index in [4.69, 9.17) is 13.8 Å². The van der Waals surface area contributed by atoms with E-state index in [2.05, 4.69) is 43.5 Å². The van der Waals surface area contributed by atoms with Crippen LogP contribution in [0.2, 0.25) is 0 Å². The van der Waals surface area contributed by atoms with Gasteiger partial charge in [0.2, 0.25) is 5.91 Å². The number of carbonyl (C=O) groups is 2. The smallest absolute Gasteiger partial charge is 0.463 e. The highest BCUT2D eigenvalue weighted by Crippen LogP contribution is 2.42. The van der Waals surface area contributed by atoms with Crippen molar-refractivity contribution in [3.8, 4) is 0 Å². The summed E-state index contributed by atoms with van der Waals surface area (Å²) in [5.41, 5.74) is 0. The van der Waals surface area contributed by atoms with Crippen LogP contribution in [0.3, 0.4) is 0 Å². The van der Waals surface area contributed by atoms with E-state index in [9.17, 15) is 24.2 Å². The van der Waals surface area contributed by atoms with Gasteiger partial charge in [0.15, 0.2) is 0 Å². The summed E-state index contributed by atoms with van der Waals surface area (Å²) in [6.45, 7) is 3.56. The number of phosphoric ester groups is 1. The Bertz CT molecular complexity index is 1010. The summed E-state index contributed by atoms with van der Waals surface area (Å²) in [6.07, 6.45) is 49.7. The maximum atomic E-state index is 12.1. The zero-order valence-corrected chi connectivity index (χ0v) is 38.6. The Hall–Kier alpha value is -1.51. The van der Waals surface area contributed by atoms with Crippen molar-refractivity contribution in [2.45, 2.75) is 245 Å². The van der Waals surface area contributed by atoms with Crippen LogP contribution in [0.25, 0.3) is 0 Å². The van der Waals surface area contributed by atoms with Crippen LogP contribution in [0, 0.1) is 0 Å². The second-order valence-corrected chi connectivity index (χ2v) is 17.9. The van der Waals surface area contributed by atoms with Gasteiger partial charge in [0.05, 0.1) is 13.2 Å². The predicted molar refractivity (Wildman–Crippen MR) is 243 cm³/mol. The molecule has 58 heavy (non-hydrogen) atoms. The molecule has 1 amide bonds. The van der Waals surface area contributed by atoms with Crippen LogP contribution >= 0.6 is 7.82 Å². The van der Waals surface area contributed by atoms with Crippen LogP contribution in [-0.4, -0.2) is 54.3 Å². The summed E-state index contributed by atoms with van der Waals surface area (Å²) in [5, 5.41) is 12.7. The van der Waals surface area contributed by atoms with Gasteiger partial charge in [-0.15, -0.1) is 0 Å². The van der Waals surface area contributed by atoms with E-state index in [0.29, 0.717) is 6.42 Å². The van der Waals surface area contributed by atoms with Crippen molar-refractivity contribution >= 4 is 19.7 Å². The standard InChI is InChI=1S/C48H92NO8P/c1-3-5-7-9-11-13-15-17-19-21-22-23-24-25-27-29-31-33-35-37-39-41-48(52)55-44-46(50)45-57-58(53,54)56-43-42-49-47(51)40-38-36-34-32-30-28-26-20-18-16-14-12-10-8-6-4-2/h14,16,20,26,46,50H,3-13,15,17-19,21-25,27-45H2,1-2H3,(H,49,51)(H,53,54)/b16-14-,26-20-. The van der Waals surface area contributed by atoms with Gasteiger partial charge >= 0.3 is 13.8 Å². The lowest BCUT2D eigenvalue weighted by atomic mass is 10.0. The number of phosphoric acid groups is 1. The van der Waals surface area contributed by atoms with Gasteiger partial charge in [-0.2, -0.15) is 0 Å². The number of esters is 1. The van der Waals surface area contributed by atoms with Crippen molar-refractivity contribution < 1.29 is 37.9 Å². The van der Waals surface area contributed by atoms with Crippen LogP contribution in [0.15, 0.2) is 24.3 Å². The lowest BCUT2D eigenvalue weighted by molar-refractivity contribution is -0.147. The Morgan fingerprint density at radius 3 is 1.40 bits per heavy atom. The summed E-state index contributed by atoms with van der Waals surface area (Å²) in [5.74, 6) is -0.521. The Kier molecular flexibility index (Phi) is 43.9. The Morgan fingerprint density at radius 1 is 0.534 bits per heavy atom. The molecule has 0 spiro atoms. The molecule has 0 saturated carbocycles. The number of hydrogen-bond donors (Lipinski definition) is 3. The van der Waals surface area contributed by atoms with Crippen molar-refractivity contribution in [2.75, 3.05) is 26.4 Å². The number of unbranched alkanes of at least 4 members (excludes halogenated alkanes) is 29. The van der Waals surface area contributed by atoms with Gasteiger partial charge in [0.25, 0.3) is 0 Å². The Labute approximate surface area is 357 Å². The summed E-state index contributed by atoms with van der Waals surface area (Å²) < 4.78 is 26.9. The number of ether oxygens (including phenoxy) is 1. The third-order valence-corrected chi connectivity index (χ3v) is 11.6. The molecule has 0 rings (SSSR count).